The van der Waals surface area contributed by atoms with Gasteiger partial charge in [0.05, 0.1) is 24.1 Å². The summed E-state index contributed by atoms with van der Waals surface area (Å²) in [5, 5.41) is 9.85. The van der Waals surface area contributed by atoms with Gasteiger partial charge < -0.3 is 10.1 Å². The molecule has 7 heteroatoms. The molecule has 6 rings (SSSR count). The molecular weight excluding hydrogens is 420 g/mol. The number of carbonyl (C=O) groups is 1. The Labute approximate surface area is 192 Å². The Balaban J connectivity index is 1.54. The molecule has 1 aromatic carbocycles. The van der Waals surface area contributed by atoms with E-state index in [0.717, 1.165) is 34.0 Å². The molecule has 0 saturated heterocycles. The van der Waals surface area contributed by atoms with E-state index >= 15 is 0 Å². The van der Waals surface area contributed by atoms with Crippen LogP contribution >= 0.6 is 11.3 Å². The molecule has 2 aromatic rings. The number of thiazole rings is 1. The second kappa shape index (κ2) is 7.89. The van der Waals surface area contributed by atoms with Crippen LogP contribution in [0.3, 0.4) is 0 Å². The highest BCUT2D eigenvalue weighted by atomic mass is 32.1. The summed E-state index contributed by atoms with van der Waals surface area (Å²) in [6.45, 7) is 11.3. The van der Waals surface area contributed by atoms with E-state index in [-0.39, 0.29) is 12.5 Å². The fourth-order valence-corrected chi connectivity index (χ4v) is 5.67. The van der Waals surface area contributed by atoms with Gasteiger partial charge in [0.1, 0.15) is 5.75 Å². The summed E-state index contributed by atoms with van der Waals surface area (Å²) in [5.74, 6) is 1.90. The molecule has 0 spiro atoms. The Morgan fingerprint density at radius 2 is 2.28 bits per heavy atom. The predicted octanol–water partition coefficient (Wildman–Crippen LogP) is 4.85. The molecule has 1 aromatic heterocycles. The van der Waals surface area contributed by atoms with Crippen LogP contribution in [0.1, 0.15) is 33.6 Å². The number of ether oxygens (including phenoxy) is 1. The number of nitrogens with one attached hydrogen (secondary N) is 1. The quantitative estimate of drug-likeness (QED) is 0.525. The number of rotatable bonds is 5. The molecule has 1 saturated carbocycles. The van der Waals surface area contributed by atoms with Crippen molar-refractivity contribution in [3.05, 3.63) is 52.2 Å². The van der Waals surface area contributed by atoms with E-state index in [2.05, 4.69) is 37.2 Å². The molecule has 2 unspecified atom stereocenters. The van der Waals surface area contributed by atoms with Crippen molar-refractivity contribution in [3.63, 3.8) is 0 Å². The fraction of sp³-hybridized carbons (Fsp3) is 0.400. The van der Waals surface area contributed by atoms with Crippen molar-refractivity contribution in [2.75, 3.05) is 18.5 Å². The molecule has 0 radical (unpaired) electrons. The molecule has 3 aliphatic carbocycles. The molecule has 166 valence electrons. The summed E-state index contributed by atoms with van der Waals surface area (Å²) in [6, 6.07) is 5.82. The minimum absolute atomic E-state index is 0.0481. The second-order valence-electron chi connectivity index (χ2n) is 9.53. The van der Waals surface area contributed by atoms with Crippen molar-refractivity contribution < 1.29 is 9.53 Å². The molecule has 1 fully saturated rings. The van der Waals surface area contributed by atoms with Crippen LogP contribution in [-0.4, -0.2) is 29.9 Å². The lowest BCUT2D eigenvalue weighted by Gasteiger charge is -2.55. The lowest BCUT2D eigenvalue weighted by Crippen LogP contribution is -2.48. The van der Waals surface area contributed by atoms with Gasteiger partial charge in [-0.15, -0.1) is 11.3 Å². The van der Waals surface area contributed by atoms with Gasteiger partial charge in [-0.3, -0.25) is 9.79 Å². The van der Waals surface area contributed by atoms with Gasteiger partial charge in [-0.1, -0.05) is 32.1 Å². The third-order valence-electron chi connectivity index (χ3n) is 6.91. The minimum Gasteiger partial charge on any atom is -0.482 e. The van der Waals surface area contributed by atoms with Gasteiger partial charge in [-0.05, 0) is 60.8 Å². The van der Waals surface area contributed by atoms with E-state index in [0.29, 0.717) is 29.3 Å². The predicted molar refractivity (Wildman–Crippen MR) is 129 cm³/mol. The summed E-state index contributed by atoms with van der Waals surface area (Å²) in [6.07, 6.45) is 6.74. The number of fused-ring (bicyclic) bond motifs is 2. The molecule has 6 nitrogen and oxygen atoms in total. The molecule has 2 atom stereocenters. The summed E-state index contributed by atoms with van der Waals surface area (Å²) < 4.78 is 7.41. The first-order valence-electron chi connectivity index (χ1n) is 11.0. The Hall–Kier alpha value is -2.93. The molecule has 1 N–H and O–H groups in total. The van der Waals surface area contributed by atoms with Gasteiger partial charge in [0.25, 0.3) is 5.91 Å². The highest BCUT2D eigenvalue weighted by molar-refractivity contribution is 7.07. The summed E-state index contributed by atoms with van der Waals surface area (Å²) in [7, 11) is 0. The first-order chi connectivity index (χ1) is 15.3. The molecule has 2 heterocycles. The molecule has 2 bridgehead atoms. The van der Waals surface area contributed by atoms with Crippen LogP contribution in [0.4, 0.5) is 5.69 Å². The van der Waals surface area contributed by atoms with E-state index in [1.165, 1.54) is 12.0 Å². The number of benzene rings is 1. The van der Waals surface area contributed by atoms with Crippen molar-refractivity contribution >= 4 is 29.1 Å². The fourth-order valence-electron chi connectivity index (χ4n) is 4.83. The van der Waals surface area contributed by atoms with Crippen LogP contribution in [0.15, 0.2) is 57.5 Å². The van der Waals surface area contributed by atoms with Crippen molar-refractivity contribution in [2.45, 2.75) is 33.6 Å². The van der Waals surface area contributed by atoms with Gasteiger partial charge in [-0.2, -0.15) is 5.10 Å². The van der Waals surface area contributed by atoms with Crippen molar-refractivity contribution in [1.29, 1.82) is 0 Å². The molecule has 4 aliphatic rings. The second-order valence-corrected chi connectivity index (χ2v) is 10.4. The molecular formula is C25H28N4O2S. The zero-order valence-electron chi connectivity index (χ0n) is 18.7. The smallest absolute Gasteiger partial charge is 0.262 e. The van der Waals surface area contributed by atoms with Crippen LogP contribution in [0, 0.1) is 17.3 Å². The number of aromatic nitrogens is 1. The third-order valence-corrected chi connectivity index (χ3v) is 7.76. The van der Waals surface area contributed by atoms with Crippen molar-refractivity contribution in [1.82, 2.24) is 4.68 Å². The molecule has 1 aliphatic heterocycles. The van der Waals surface area contributed by atoms with E-state index in [1.807, 2.05) is 36.0 Å². The summed E-state index contributed by atoms with van der Waals surface area (Å²) in [5.41, 5.74) is 5.22. The van der Waals surface area contributed by atoms with Crippen LogP contribution in [0.2, 0.25) is 0 Å². The van der Waals surface area contributed by atoms with E-state index in [1.54, 1.807) is 11.3 Å². The number of amides is 1. The van der Waals surface area contributed by atoms with Gasteiger partial charge in [-0.25, -0.2) is 4.68 Å². The maximum absolute atomic E-state index is 11.8. The van der Waals surface area contributed by atoms with Gasteiger partial charge in [0.2, 0.25) is 4.80 Å². The first-order valence-corrected chi connectivity index (χ1v) is 11.9. The first kappa shape index (κ1) is 20.9. The average Bonchev–Trinajstić information content (AvgIpc) is 3.18. The number of hydrogen-bond donors (Lipinski definition) is 1. The number of carbonyl (C=O) groups excluding carboxylic acids is 1. The van der Waals surface area contributed by atoms with Crippen LogP contribution in [0.5, 0.6) is 5.75 Å². The number of hydrogen-bond acceptors (Lipinski definition) is 5. The van der Waals surface area contributed by atoms with Gasteiger partial charge >= 0.3 is 0 Å². The maximum atomic E-state index is 11.8. The summed E-state index contributed by atoms with van der Waals surface area (Å²) >= 11 is 1.55. The maximum Gasteiger partial charge on any atom is 0.262 e. The Morgan fingerprint density at radius 3 is 3.03 bits per heavy atom. The Kier molecular flexibility index (Phi) is 5.16. The van der Waals surface area contributed by atoms with E-state index in [9.17, 15) is 4.79 Å². The highest BCUT2D eigenvalue weighted by Crippen LogP contribution is 2.58. The normalized spacial score (nSPS) is 23.8. The zero-order chi connectivity index (χ0) is 22.5. The van der Waals surface area contributed by atoms with Gasteiger partial charge in [0.15, 0.2) is 6.61 Å². The number of nitrogens with zero attached hydrogens (tertiary/aromatic N) is 3. The molecule has 32 heavy (non-hydrogen) atoms. The summed E-state index contributed by atoms with van der Waals surface area (Å²) in [4.78, 5) is 17.3. The van der Waals surface area contributed by atoms with Gasteiger partial charge in [0, 0.05) is 10.9 Å². The number of allylic oxidation sites excluding steroid dienone is 2. The van der Waals surface area contributed by atoms with Crippen molar-refractivity contribution in [3.8, 4) is 17.0 Å². The SMILES string of the molecule is C=C(C)CN=c1scc(-c2ccc3c(c2)NC(=O)CO3)n1N=CC1=CCC2CC1C2(C)C. The standard InChI is InChI=1S/C25H28N4O2S/c1-15(2)11-26-24-29(27-12-17-5-7-18-10-19(17)25(18,3)4)21(14-32-24)16-6-8-22-20(9-16)28-23(30)13-31-22/h5-6,8-9,12,14,18-19H,1,7,10-11,13H2,2-4H3,(H,28,30). The topological polar surface area (TPSA) is 68.0 Å². The van der Waals surface area contributed by atoms with Crippen LogP contribution < -0.4 is 14.9 Å². The van der Waals surface area contributed by atoms with Crippen LogP contribution in [-0.2, 0) is 4.79 Å². The largest absolute Gasteiger partial charge is 0.482 e. The lowest BCUT2D eigenvalue weighted by molar-refractivity contribution is -0.118. The number of anilines is 1. The molecule has 1 amide bonds. The monoisotopic (exact) mass is 448 g/mol. The van der Waals surface area contributed by atoms with Crippen molar-refractivity contribution in [2.24, 2.45) is 27.3 Å². The average molecular weight is 449 g/mol. The highest BCUT2D eigenvalue weighted by Gasteiger charge is 2.50. The van der Waals surface area contributed by atoms with Crippen LogP contribution in [0.25, 0.3) is 11.3 Å². The Morgan fingerprint density at radius 1 is 1.44 bits per heavy atom. The lowest BCUT2D eigenvalue weighted by atomic mass is 9.49. The van der Waals surface area contributed by atoms with E-state index < -0.39 is 0 Å². The minimum atomic E-state index is -0.145. The third kappa shape index (κ3) is 3.64. The Bertz CT molecular complexity index is 1230. The zero-order valence-corrected chi connectivity index (χ0v) is 19.5. The van der Waals surface area contributed by atoms with E-state index in [4.69, 9.17) is 14.8 Å².